The first kappa shape index (κ1) is 71.3. The van der Waals surface area contributed by atoms with Crippen molar-refractivity contribution in [3.63, 3.8) is 0 Å². The van der Waals surface area contributed by atoms with E-state index in [1.165, 1.54) is 12.1 Å². The molecule has 13 N–H and O–H groups in total. The maximum absolute atomic E-state index is 14.9. The number of hydrogen-bond acceptors (Lipinski definition) is 16. The van der Waals surface area contributed by atoms with Crippen LogP contribution in [0.5, 0.6) is 5.75 Å². The largest absolute Gasteiger partial charge is 0.508 e. The summed E-state index contributed by atoms with van der Waals surface area (Å²) in [6.07, 6.45) is 3.72. The molecule has 5 rings (SSSR count). The number of amides is 7. The van der Waals surface area contributed by atoms with E-state index in [4.69, 9.17) is 5.73 Å². The summed E-state index contributed by atoms with van der Waals surface area (Å²) >= 11 is 0. The van der Waals surface area contributed by atoms with Crippen molar-refractivity contribution < 1.29 is 63.6 Å². The van der Waals surface area contributed by atoms with Crippen molar-refractivity contribution in [2.45, 2.75) is 90.0 Å². The van der Waals surface area contributed by atoms with E-state index in [1.54, 1.807) is 33.8 Å². The third kappa shape index (κ3) is 27.7. The lowest BCUT2D eigenvalue weighted by Gasteiger charge is -2.32. The number of aliphatic imine (C=N–C) groups is 1. The fourth-order valence-corrected chi connectivity index (χ4v) is 10.3. The van der Waals surface area contributed by atoms with Crippen molar-refractivity contribution in [1.82, 2.24) is 61.7 Å². The number of hydrogen-bond donors (Lipinski definition) is 12. The number of benzene rings is 3. The van der Waals surface area contributed by atoms with Crippen LogP contribution in [0.3, 0.4) is 0 Å². The molecular weight excluding hydrogens is 1150 g/mol. The molecule has 0 saturated carbocycles. The summed E-state index contributed by atoms with van der Waals surface area (Å²) in [6.45, 7) is 6.45. The van der Waals surface area contributed by atoms with Crippen LogP contribution >= 0.6 is 0 Å². The zero-order valence-corrected chi connectivity index (χ0v) is 51.3. The van der Waals surface area contributed by atoms with Crippen molar-refractivity contribution in [1.29, 1.82) is 0 Å². The molecule has 3 aromatic carbocycles. The number of unbranched alkanes of at least 4 members (excludes halogenated alkanes) is 2. The summed E-state index contributed by atoms with van der Waals surface area (Å²) in [7, 11) is 1.94. The Labute approximate surface area is 520 Å². The maximum Gasteiger partial charge on any atom is 0.344 e. The first-order valence-corrected chi connectivity index (χ1v) is 30.4. The highest BCUT2D eigenvalue weighted by atomic mass is 16.4. The van der Waals surface area contributed by atoms with Gasteiger partial charge in [0.1, 0.15) is 17.8 Å². The zero-order valence-electron chi connectivity index (χ0n) is 51.3. The topological polar surface area (TPSA) is 377 Å². The lowest BCUT2D eigenvalue weighted by molar-refractivity contribution is -0.140. The predicted octanol–water partition coefficient (Wildman–Crippen LogP) is 0.265. The Morgan fingerprint density at radius 2 is 1.11 bits per heavy atom. The summed E-state index contributed by atoms with van der Waals surface area (Å²) in [5.41, 5.74) is 10.5. The Hall–Kier alpha value is -8.44. The Balaban J connectivity index is 1.10. The van der Waals surface area contributed by atoms with E-state index < -0.39 is 41.9 Å². The van der Waals surface area contributed by atoms with Gasteiger partial charge in [-0.05, 0) is 78.6 Å². The second-order valence-electron chi connectivity index (χ2n) is 22.2. The quantitative estimate of drug-likeness (QED) is 0.0217. The molecule has 28 nitrogen and oxygen atoms in total. The number of carbonyl (C=O) groups is 9. The molecule has 0 aromatic heterocycles. The van der Waals surface area contributed by atoms with Gasteiger partial charge in [0.05, 0.1) is 26.2 Å². The van der Waals surface area contributed by atoms with Gasteiger partial charge in [-0.3, -0.25) is 62.9 Å². The highest BCUT2D eigenvalue weighted by Crippen LogP contribution is 2.33. The van der Waals surface area contributed by atoms with Crippen LogP contribution in [0, 0.1) is 0 Å². The fraction of sp³-hybridized carbons (Fsp3) is 0.541. The molecule has 0 bridgehead atoms. The first-order valence-electron chi connectivity index (χ1n) is 30.4. The van der Waals surface area contributed by atoms with E-state index in [0.29, 0.717) is 109 Å². The minimum absolute atomic E-state index is 0.0146. The van der Waals surface area contributed by atoms with Crippen molar-refractivity contribution in [3.8, 4) is 5.75 Å². The van der Waals surface area contributed by atoms with Gasteiger partial charge in [0.2, 0.25) is 29.5 Å². The Bertz CT molecular complexity index is 2770. The monoisotopic (exact) mass is 1240 g/mol. The molecule has 1 fully saturated rings. The van der Waals surface area contributed by atoms with Gasteiger partial charge >= 0.3 is 23.9 Å². The summed E-state index contributed by atoms with van der Waals surface area (Å²) in [5.74, 6) is -4.45. The molecule has 28 heteroatoms. The predicted molar refractivity (Wildman–Crippen MR) is 333 cm³/mol. The lowest BCUT2D eigenvalue weighted by Crippen LogP contribution is -2.50. The fourth-order valence-electron chi connectivity index (χ4n) is 10.3. The first-order chi connectivity index (χ1) is 42.7. The molecule has 7 amide bonds. The number of aliphatic carboxylic acids is 3. The number of carbonyl (C=O) groups excluding carboxylic acids is 6. The van der Waals surface area contributed by atoms with Crippen LogP contribution in [0.4, 0.5) is 10.5 Å². The Morgan fingerprint density at radius 1 is 0.573 bits per heavy atom. The minimum atomic E-state index is -1.04. The molecule has 2 atom stereocenters. The standard InChI is InChI=1S/C61H91N15O13/c1-3-51(78)65-25-26-67-61(89)70-60(62)66-23-10-16-50(58(87)68-37-44-18-20-49(77)21-19-44)69-59(88)57(76-38-46-12-6-7-13-47(46)39-76)45-14-9-15-48(36-45)71(2)27-11-24-63-52(79)17-5-4-8-22-64-53(80)40-72-28-30-73(41-54(81)82)32-34-75(43-56(85)86)35-33-74(31-29-72)42-55(83)84/h6-7,9,12-15,18-21,36,50,57,77H,3-5,8,10-11,16-17,22-35,37-43H2,1-2H3,(H,63,79)(H,64,80)(H,65,78)(H,68,87)(H,69,88)(H,81,82)(H,83,84)(H,85,86)(H4,62,66,67,70,89)/t50-,57+/m1/s1. The average molecular weight is 1240 g/mol. The smallest absolute Gasteiger partial charge is 0.344 e. The van der Waals surface area contributed by atoms with Crippen LogP contribution in [0.15, 0.2) is 77.8 Å². The van der Waals surface area contributed by atoms with Crippen molar-refractivity contribution in [3.05, 3.63) is 95.1 Å². The van der Waals surface area contributed by atoms with E-state index in [-0.39, 0.29) is 120 Å². The van der Waals surface area contributed by atoms with Gasteiger partial charge in [-0.1, -0.05) is 61.9 Å². The SMILES string of the molecule is CCC(=O)NCCNC(=O)/N=C(/N)NCCC[C@@H](NC(=O)[C@H](c1cccc(N(C)CCCNC(=O)CCCCCNC(=O)CN2CCN(CC(=O)O)CCN(CC(=O)O)CCN(CC(=O)O)CC2)c1)N1Cc2ccccc2C1)C(=O)NCc1ccc(O)cc1. The summed E-state index contributed by atoms with van der Waals surface area (Å²) in [5, 5.41) is 58.3. The van der Waals surface area contributed by atoms with Gasteiger partial charge < -0.3 is 68.3 Å². The van der Waals surface area contributed by atoms with Crippen LogP contribution in [0.2, 0.25) is 0 Å². The second kappa shape index (κ2) is 38.8. The van der Waals surface area contributed by atoms with Gasteiger partial charge in [0.15, 0.2) is 5.96 Å². The molecule has 0 spiro atoms. The number of rotatable bonds is 34. The number of phenolic OH excluding ortho intramolecular Hbond substituents is 1. The molecule has 2 aliphatic heterocycles. The van der Waals surface area contributed by atoms with Crippen LogP contribution in [0.25, 0.3) is 0 Å². The number of phenols is 1. The molecule has 3 aromatic rings. The molecule has 488 valence electrons. The molecule has 0 unspecified atom stereocenters. The molecule has 0 aliphatic carbocycles. The average Bonchev–Trinajstić information content (AvgIpc) is 1.80. The highest BCUT2D eigenvalue weighted by molar-refractivity contribution is 5.92. The number of fused-ring (bicyclic) bond motifs is 1. The Morgan fingerprint density at radius 3 is 1.70 bits per heavy atom. The molecule has 2 aliphatic rings. The van der Waals surface area contributed by atoms with Crippen molar-refractivity contribution in [2.24, 2.45) is 10.7 Å². The normalized spacial score (nSPS) is 15.4. The molecular formula is C61H91N15O13. The number of carboxylic acids is 3. The number of carboxylic acid groups (broad SMARTS) is 3. The number of urea groups is 1. The third-order valence-electron chi connectivity index (χ3n) is 15.2. The van der Waals surface area contributed by atoms with Crippen LogP contribution in [-0.2, 0) is 58.0 Å². The number of aromatic hydroxyl groups is 1. The number of anilines is 1. The zero-order chi connectivity index (χ0) is 64.5. The van der Waals surface area contributed by atoms with Gasteiger partial charge in [0, 0.05) is 137 Å². The van der Waals surface area contributed by atoms with Crippen LogP contribution in [0.1, 0.15) is 86.6 Å². The van der Waals surface area contributed by atoms with E-state index >= 15 is 0 Å². The van der Waals surface area contributed by atoms with Gasteiger partial charge in [-0.25, -0.2) is 4.79 Å². The third-order valence-corrected chi connectivity index (χ3v) is 15.2. The number of nitrogens with one attached hydrogen (secondary N) is 7. The second-order valence-corrected chi connectivity index (χ2v) is 22.2. The van der Waals surface area contributed by atoms with E-state index in [0.717, 1.165) is 22.4 Å². The summed E-state index contributed by atoms with van der Waals surface area (Å²) in [4.78, 5) is 128. The summed E-state index contributed by atoms with van der Waals surface area (Å²) in [6, 6.07) is 19.6. The van der Waals surface area contributed by atoms with E-state index in [9.17, 15) is 63.6 Å². The maximum atomic E-state index is 14.9. The van der Waals surface area contributed by atoms with Gasteiger partial charge in [-0.2, -0.15) is 4.99 Å². The van der Waals surface area contributed by atoms with Crippen molar-refractivity contribution in [2.75, 3.05) is 130 Å². The van der Waals surface area contributed by atoms with Crippen molar-refractivity contribution >= 4 is 65.1 Å². The van der Waals surface area contributed by atoms with Crippen LogP contribution < -0.4 is 47.9 Å². The number of guanidine groups is 1. The molecule has 2 heterocycles. The molecule has 1 saturated heterocycles. The van der Waals surface area contributed by atoms with E-state index in [1.807, 2.05) is 60.5 Å². The minimum Gasteiger partial charge on any atom is -0.508 e. The van der Waals surface area contributed by atoms with E-state index in [2.05, 4.69) is 52.0 Å². The molecule has 89 heavy (non-hydrogen) atoms. The lowest BCUT2D eigenvalue weighted by atomic mass is 10.0. The summed E-state index contributed by atoms with van der Waals surface area (Å²) < 4.78 is 0. The number of nitrogens with two attached hydrogens (primary N) is 1. The number of nitrogens with zero attached hydrogens (tertiary/aromatic N) is 7. The van der Waals surface area contributed by atoms with Crippen LogP contribution in [-0.4, -0.2) is 235 Å². The van der Waals surface area contributed by atoms with Gasteiger partial charge in [-0.15, -0.1) is 0 Å². The van der Waals surface area contributed by atoms with Gasteiger partial charge in [0.25, 0.3) is 0 Å². The highest BCUT2D eigenvalue weighted by Gasteiger charge is 2.35. The Kier molecular flexibility index (Phi) is 31.1. The molecule has 0 radical (unpaired) electrons.